The Morgan fingerprint density at radius 3 is 2.83 bits per heavy atom. The van der Waals surface area contributed by atoms with Gasteiger partial charge >= 0.3 is 0 Å². The number of nitrogens with one attached hydrogen (secondary N) is 1. The van der Waals surface area contributed by atoms with Crippen LogP contribution in [0.25, 0.3) is 0 Å². The van der Waals surface area contributed by atoms with E-state index in [0.29, 0.717) is 31.6 Å². The van der Waals surface area contributed by atoms with Gasteiger partial charge in [-0.05, 0) is 56.0 Å². The van der Waals surface area contributed by atoms with Crippen LogP contribution in [0.5, 0.6) is 0 Å². The molecule has 30 heavy (non-hydrogen) atoms. The first-order chi connectivity index (χ1) is 14.6. The molecule has 1 aromatic heterocycles. The van der Waals surface area contributed by atoms with Crippen LogP contribution in [0, 0.1) is 5.92 Å². The van der Waals surface area contributed by atoms with Crippen LogP contribution in [0.2, 0.25) is 0 Å². The lowest BCUT2D eigenvalue weighted by Gasteiger charge is -2.30. The molecular formula is C23H31N5O2. The molecule has 1 aromatic carbocycles. The largest absolute Gasteiger partial charge is 0.352 e. The number of aryl methyl sites for hydroxylation is 1. The number of likely N-dealkylation sites (tertiary alicyclic amines) is 1. The third-order valence-electron chi connectivity index (χ3n) is 6.04. The second-order valence-electron chi connectivity index (χ2n) is 8.50. The summed E-state index contributed by atoms with van der Waals surface area (Å²) in [6.07, 6.45) is 5.77. The molecule has 1 N–H and O–H groups in total. The number of hydrogen-bond acceptors (Lipinski definition) is 4. The van der Waals surface area contributed by atoms with Crippen molar-refractivity contribution in [1.82, 2.24) is 20.0 Å². The lowest BCUT2D eigenvalue weighted by Crippen LogP contribution is -2.37. The van der Waals surface area contributed by atoms with E-state index in [9.17, 15) is 9.59 Å². The Labute approximate surface area is 178 Å². The van der Waals surface area contributed by atoms with Gasteiger partial charge in [-0.15, -0.1) is 0 Å². The zero-order valence-electron chi connectivity index (χ0n) is 17.7. The van der Waals surface area contributed by atoms with E-state index in [1.54, 1.807) is 11.1 Å². The second kappa shape index (κ2) is 9.43. The summed E-state index contributed by atoms with van der Waals surface area (Å²) in [6.45, 7) is 7.53. The van der Waals surface area contributed by atoms with Crippen LogP contribution in [0.4, 0.5) is 5.82 Å². The number of carbonyl (C=O) groups is 2. The number of hydrogen-bond donors (Lipinski definition) is 1. The maximum Gasteiger partial charge on any atom is 0.251 e. The molecule has 0 saturated carbocycles. The molecule has 2 aliphatic rings. The van der Waals surface area contributed by atoms with Gasteiger partial charge in [-0.25, -0.2) is 4.68 Å². The summed E-state index contributed by atoms with van der Waals surface area (Å²) in [4.78, 5) is 29.0. The Hall–Kier alpha value is -2.67. The molecule has 7 heteroatoms. The zero-order chi connectivity index (χ0) is 20.9. The molecule has 1 fully saturated rings. The summed E-state index contributed by atoms with van der Waals surface area (Å²) < 4.78 is 1.85. The van der Waals surface area contributed by atoms with Gasteiger partial charge in [0.05, 0.1) is 19.3 Å². The molecule has 1 unspecified atom stereocenters. The molecule has 0 radical (unpaired) electrons. The Morgan fingerprint density at radius 1 is 1.20 bits per heavy atom. The number of nitrogens with zero attached hydrogens (tertiary/aromatic N) is 4. The first kappa shape index (κ1) is 20.6. The zero-order valence-corrected chi connectivity index (χ0v) is 17.7. The number of aromatic nitrogens is 2. The number of benzene rings is 1. The predicted molar refractivity (Wildman–Crippen MR) is 116 cm³/mol. The summed E-state index contributed by atoms with van der Waals surface area (Å²) in [5.41, 5.74) is 1.65. The highest BCUT2D eigenvalue weighted by atomic mass is 16.2. The molecule has 2 aliphatic heterocycles. The van der Waals surface area contributed by atoms with E-state index in [2.05, 4.69) is 22.2 Å². The molecule has 4 rings (SSSR count). The lowest BCUT2D eigenvalue weighted by atomic mass is 10.0. The van der Waals surface area contributed by atoms with Gasteiger partial charge in [-0.1, -0.05) is 19.1 Å². The highest BCUT2D eigenvalue weighted by molar-refractivity contribution is 5.95. The van der Waals surface area contributed by atoms with E-state index >= 15 is 0 Å². The summed E-state index contributed by atoms with van der Waals surface area (Å²) >= 11 is 0. The number of anilines is 1. The fourth-order valence-electron chi connectivity index (χ4n) is 4.40. The van der Waals surface area contributed by atoms with E-state index in [0.717, 1.165) is 30.3 Å². The van der Waals surface area contributed by atoms with Gasteiger partial charge in [0.1, 0.15) is 5.82 Å². The smallest absolute Gasteiger partial charge is 0.251 e. The molecular weight excluding hydrogens is 378 g/mol. The Balaban J connectivity index is 1.25. The average Bonchev–Trinajstić information content (AvgIpc) is 3.23. The molecule has 3 heterocycles. The average molecular weight is 410 g/mol. The summed E-state index contributed by atoms with van der Waals surface area (Å²) in [5.74, 6) is 1.68. The van der Waals surface area contributed by atoms with Crippen molar-refractivity contribution in [2.75, 3.05) is 31.1 Å². The summed E-state index contributed by atoms with van der Waals surface area (Å²) in [6, 6.07) is 9.38. The van der Waals surface area contributed by atoms with Crippen LogP contribution in [0.15, 0.2) is 36.5 Å². The number of amides is 2. The number of piperidine rings is 1. The third kappa shape index (κ3) is 4.90. The van der Waals surface area contributed by atoms with E-state index < -0.39 is 0 Å². The molecule has 0 bridgehead atoms. The SMILES string of the molecule is CC1CCCN(CCCNC(=O)c2ccc(CN3C(=O)CCn4nccc43)cc2)C1. The van der Waals surface area contributed by atoms with Gasteiger partial charge < -0.3 is 10.2 Å². The standard InChI is InChI=1S/C23H31N5O2/c1-18-4-2-13-26(16-18)14-3-11-24-23(30)20-7-5-19(6-8-20)17-27-21-9-12-25-28(21)15-10-22(27)29/h5-9,12,18H,2-4,10-11,13-17H2,1H3,(H,24,30). The van der Waals surface area contributed by atoms with Crippen molar-refractivity contribution in [3.05, 3.63) is 47.7 Å². The quantitative estimate of drug-likeness (QED) is 0.714. The van der Waals surface area contributed by atoms with Crippen LogP contribution < -0.4 is 10.2 Å². The van der Waals surface area contributed by atoms with Crippen molar-refractivity contribution in [2.45, 2.75) is 45.7 Å². The van der Waals surface area contributed by atoms with Crippen LogP contribution >= 0.6 is 0 Å². The minimum absolute atomic E-state index is 0.0410. The van der Waals surface area contributed by atoms with Crippen molar-refractivity contribution >= 4 is 17.6 Å². The lowest BCUT2D eigenvalue weighted by molar-refractivity contribution is -0.119. The van der Waals surface area contributed by atoms with Crippen molar-refractivity contribution in [3.63, 3.8) is 0 Å². The molecule has 7 nitrogen and oxygen atoms in total. The van der Waals surface area contributed by atoms with Gasteiger partial charge in [0, 0.05) is 31.1 Å². The topological polar surface area (TPSA) is 70.5 Å². The first-order valence-electron chi connectivity index (χ1n) is 11.0. The van der Waals surface area contributed by atoms with Crippen LogP contribution in [-0.4, -0.2) is 52.7 Å². The van der Waals surface area contributed by atoms with Crippen molar-refractivity contribution in [1.29, 1.82) is 0 Å². The van der Waals surface area contributed by atoms with Gasteiger partial charge in [0.2, 0.25) is 5.91 Å². The molecule has 1 saturated heterocycles. The fourth-order valence-corrected chi connectivity index (χ4v) is 4.40. The van der Waals surface area contributed by atoms with Gasteiger partial charge in [-0.3, -0.25) is 14.5 Å². The molecule has 2 aromatic rings. The molecule has 160 valence electrons. The summed E-state index contributed by atoms with van der Waals surface area (Å²) in [7, 11) is 0. The Kier molecular flexibility index (Phi) is 6.47. The normalized spacial score (nSPS) is 19.6. The van der Waals surface area contributed by atoms with Gasteiger partial charge in [-0.2, -0.15) is 5.10 Å². The number of rotatable bonds is 7. The fraction of sp³-hybridized carbons (Fsp3) is 0.522. The molecule has 0 aliphatic carbocycles. The van der Waals surface area contributed by atoms with Crippen molar-refractivity contribution < 1.29 is 9.59 Å². The highest BCUT2D eigenvalue weighted by Gasteiger charge is 2.24. The van der Waals surface area contributed by atoms with E-state index in [4.69, 9.17) is 0 Å². The maximum atomic E-state index is 12.4. The minimum Gasteiger partial charge on any atom is -0.352 e. The molecule has 1 atom stereocenters. The third-order valence-corrected chi connectivity index (χ3v) is 6.04. The van der Waals surface area contributed by atoms with Crippen molar-refractivity contribution in [2.24, 2.45) is 5.92 Å². The highest BCUT2D eigenvalue weighted by Crippen LogP contribution is 2.23. The first-order valence-corrected chi connectivity index (χ1v) is 11.0. The van der Waals surface area contributed by atoms with E-state index in [1.165, 1.54) is 25.9 Å². The maximum absolute atomic E-state index is 12.4. The van der Waals surface area contributed by atoms with Crippen LogP contribution in [0.3, 0.4) is 0 Å². The Bertz CT molecular complexity index is 876. The molecule has 0 spiro atoms. The van der Waals surface area contributed by atoms with Crippen LogP contribution in [-0.2, 0) is 17.9 Å². The van der Waals surface area contributed by atoms with Gasteiger partial charge in [0.25, 0.3) is 5.91 Å². The summed E-state index contributed by atoms with van der Waals surface area (Å²) in [5, 5.41) is 7.28. The van der Waals surface area contributed by atoms with Gasteiger partial charge in [0.15, 0.2) is 0 Å². The number of carbonyl (C=O) groups excluding carboxylic acids is 2. The Morgan fingerprint density at radius 2 is 2.03 bits per heavy atom. The molecule has 2 amide bonds. The predicted octanol–water partition coefficient (Wildman–Crippen LogP) is 2.67. The number of fused-ring (bicyclic) bond motifs is 1. The van der Waals surface area contributed by atoms with Crippen molar-refractivity contribution in [3.8, 4) is 0 Å². The van der Waals surface area contributed by atoms with Crippen LogP contribution in [0.1, 0.15) is 48.5 Å². The second-order valence-corrected chi connectivity index (χ2v) is 8.50. The monoisotopic (exact) mass is 409 g/mol. The van der Waals surface area contributed by atoms with E-state index in [-0.39, 0.29) is 11.8 Å². The minimum atomic E-state index is -0.0410. The van der Waals surface area contributed by atoms with E-state index in [1.807, 2.05) is 35.0 Å².